The van der Waals surface area contributed by atoms with Gasteiger partial charge in [-0.25, -0.2) is 0 Å². The van der Waals surface area contributed by atoms with Gasteiger partial charge in [-0.3, -0.25) is 4.79 Å². The Bertz CT molecular complexity index is 555. The van der Waals surface area contributed by atoms with Crippen molar-refractivity contribution >= 4 is 23.6 Å². The van der Waals surface area contributed by atoms with E-state index in [9.17, 15) is 9.90 Å². The number of amides is 1. The Hall–Kier alpha value is -1.32. The summed E-state index contributed by atoms with van der Waals surface area (Å²) in [4.78, 5) is 14.4. The first kappa shape index (κ1) is 16.1. The number of carbonyl (C=O) groups is 1. The zero-order valence-corrected chi connectivity index (χ0v) is 13.4. The normalized spacial score (nSPS) is 23.2. The predicted octanol–water partition coefficient (Wildman–Crippen LogP) is 3.36. The Kier molecular flexibility index (Phi) is 5.07. The van der Waals surface area contributed by atoms with Gasteiger partial charge < -0.3 is 10.0 Å². The van der Waals surface area contributed by atoms with Crippen LogP contribution < -0.4 is 0 Å². The molecule has 1 fully saturated rings. The maximum Gasteiger partial charge on any atom is 0.249 e. The summed E-state index contributed by atoms with van der Waals surface area (Å²) in [6, 6.07) is 7.45. The van der Waals surface area contributed by atoms with Crippen LogP contribution >= 0.6 is 11.6 Å². The van der Waals surface area contributed by atoms with Crippen molar-refractivity contribution < 1.29 is 9.90 Å². The molecule has 21 heavy (non-hydrogen) atoms. The topological polar surface area (TPSA) is 40.5 Å². The summed E-state index contributed by atoms with van der Waals surface area (Å²) in [7, 11) is 0. The Labute approximate surface area is 131 Å². The molecule has 1 aliphatic heterocycles. The van der Waals surface area contributed by atoms with Gasteiger partial charge >= 0.3 is 0 Å². The summed E-state index contributed by atoms with van der Waals surface area (Å²) < 4.78 is 0. The van der Waals surface area contributed by atoms with Gasteiger partial charge in [-0.1, -0.05) is 30.7 Å². The van der Waals surface area contributed by atoms with E-state index >= 15 is 0 Å². The highest BCUT2D eigenvalue weighted by Gasteiger charge is 2.32. The third kappa shape index (κ3) is 4.08. The van der Waals surface area contributed by atoms with Gasteiger partial charge in [0.25, 0.3) is 0 Å². The van der Waals surface area contributed by atoms with Crippen molar-refractivity contribution in [2.24, 2.45) is 5.41 Å². The van der Waals surface area contributed by atoms with Crippen molar-refractivity contribution in [1.82, 2.24) is 4.90 Å². The Morgan fingerprint density at radius 3 is 2.95 bits per heavy atom. The largest absolute Gasteiger partial charge is 0.396 e. The van der Waals surface area contributed by atoms with E-state index < -0.39 is 0 Å². The van der Waals surface area contributed by atoms with Crippen molar-refractivity contribution in [1.29, 1.82) is 0 Å². The van der Waals surface area contributed by atoms with Crippen molar-refractivity contribution in [3.8, 4) is 0 Å². The molecular weight excluding hydrogens is 286 g/mol. The summed E-state index contributed by atoms with van der Waals surface area (Å²) in [5, 5.41) is 10.1. The quantitative estimate of drug-likeness (QED) is 0.870. The fourth-order valence-electron chi connectivity index (χ4n) is 2.78. The molecule has 1 N–H and O–H groups in total. The van der Waals surface area contributed by atoms with Gasteiger partial charge in [0.05, 0.1) is 6.61 Å². The van der Waals surface area contributed by atoms with E-state index in [2.05, 4.69) is 0 Å². The van der Waals surface area contributed by atoms with E-state index in [1.807, 2.05) is 49.1 Å². The second kappa shape index (κ2) is 6.63. The fraction of sp³-hybridized carbons (Fsp3) is 0.471. The van der Waals surface area contributed by atoms with Crippen LogP contribution in [0, 0.1) is 5.41 Å². The molecule has 1 aromatic rings. The molecule has 0 bridgehead atoms. The molecule has 1 aliphatic rings. The van der Waals surface area contributed by atoms with E-state index in [0.29, 0.717) is 17.1 Å². The molecule has 1 amide bonds. The predicted molar refractivity (Wildman–Crippen MR) is 86.1 cm³/mol. The molecule has 0 spiro atoms. The summed E-state index contributed by atoms with van der Waals surface area (Å²) >= 11 is 5.96. The summed E-state index contributed by atoms with van der Waals surface area (Å²) in [6.07, 6.45) is 3.76. The molecule has 0 saturated carbocycles. The van der Waals surface area contributed by atoms with Crippen molar-refractivity contribution in [3.05, 3.63) is 40.4 Å². The molecule has 2 rings (SSSR count). The maximum atomic E-state index is 12.5. The van der Waals surface area contributed by atoms with Gasteiger partial charge in [0, 0.05) is 29.1 Å². The van der Waals surface area contributed by atoms with Gasteiger partial charge in [0.15, 0.2) is 0 Å². The fourth-order valence-corrected chi connectivity index (χ4v) is 2.97. The minimum atomic E-state index is -0.176. The molecule has 0 aliphatic carbocycles. The Balaban J connectivity index is 2.12. The first-order valence-electron chi connectivity index (χ1n) is 7.27. The lowest BCUT2D eigenvalue weighted by Gasteiger charge is -2.39. The summed E-state index contributed by atoms with van der Waals surface area (Å²) in [6.45, 7) is 5.35. The van der Waals surface area contributed by atoms with Crippen LogP contribution in [0.1, 0.15) is 32.3 Å². The van der Waals surface area contributed by atoms with Gasteiger partial charge in [-0.2, -0.15) is 0 Å². The minimum absolute atomic E-state index is 0.0364. The minimum Gasteiger partial charge on any atom is -0.396 e. The lowest BCUT2D eigenvalue weighted by atomic mass is 9.82. The van der Waals surface area contributed by atoms with Crippen LogP contribution in [0.2, 0.25) is 5.02 Å². The van der Waals surface area contributed by atoms with Crippen LogP contribution in [0.4, 0.5) is 0 Å². The average Bonchev–Trinajstić information content (AvgIpc) is 2.46. The standard InChI is InChI=1S/C17H22ClNO2/c1-13(9-14-5-3-6-15(18)10-14)16(21)19-8-4-7-17(2,11-19)12-20/h3,5-6,9-10,20H,4,7-8,11-12H2,1-2H3/b13-9-. The van der Waals surface area contributed by atoms with E-state index in [-0.39, 0.29) is 17.9 Å². The van der Waals surface area contributed by atoms with Crippen molar-refractivity contribution in [2.45, 2.75) is 26.7 Å². The first-order valence-corrected chi connectivity index (χ1v) is 7.65. The third-order valence-electron chi connectivity index (χ3n) is 4.02. The maximum absolute atomic E-state index is 12.5. The highest BCUT2D eigenvalue weighted by atomic mass is 35.5. The number of benzene rings is 1. The van der Waals surface area contributed by atoms with E-state index in [1.165, 1.54) is 0 Å². The van der Waals surface area contributed by atoms with Crippen LogP contribution in [0.25, 0.3) is 6.08 Å². The molecule has 0 radical (unpaired) electrons. The molecular formula is C17H22ClNO2. The van der Waals surface area contributed by atoms with Crippen LogP contribution in [0.5, 0.6) is 0 Å². The third-order valence-corrected chi connectivity index (χ3v) is 4.25. The van der Waals surface area contributed by atoms with Crippen LogP contribution in [-0.4, -0.2) is 35.6 Å². The zero-order valence-electron chi connectivity index (χ0n) is 12.6. The Morgan fingerprint density at radius 1 is 1.52 bits per heavy atom. The second-order valence-electron chi connectivity index (χ2n) is 6.18. The van der Waals surface area contributed by atoms with E-state index in [4.69, 9.17) is 11.6 Å². The smallest absolute Gasteiger partial charge is 0.249 e. The molecule has 1 heterocycles. The number of halogens is 1. The van der Waals surface area contributed by atoms with Crippen LogP contribution in [0.15, 0.2) is 29.8 Å². The SMILES string of the molecule is C/C(=C/c1cccc(Cl)c1)C(=O)N1CCCC(C)(CO)C1. The number of nitrogens with zero attached hydrogens (tertiary/aromatic N) is 1. The van der Waals surface area contributed by atoms with E-state index in [0.717, 1.165) is 24.9 Å². The van der Waals surface area contributed by atoms with Crippen LogP contribution in [0.3, 0.4) is 0 Å². The van der Waals surface area contributed by atoms with Gasteiger partial charge in [0.2, 0.25) is 5.91 Å². The van der Waals surface area contributed by atoms with Crippen molar-refractivity contribution in [3.63, 3.8) is 0 Å². The lowest BCUT2D eigenvalue weighted by Crippen LogP contribution is -2.46. The number of hydrogen-bond donors (Lipinski definition) is 1. The van der Waals surface area contributed by atoms with Gasteiger partial charge in [0.1, 0.15) is 0 Å². The molecule has 1 saturated heterocycles. The molecule has 0 aromatic heterocycles. The zero-order chi connectivity index (χ0) is 15.5. The molecule has 4 heteroatoms. The molecule has 1 aromatic carbocycles. The summed E-state index contributed by atoms with van der Waals surface area (Å²) in [5.74, 6) is 0.0364. The monoisotopic (exact) mass is 307 g/mol. The number of piperidine rings is 1. The van der Waals surface area contributed by atoms with Crippen LogP contribution in [-0.2, 0) is 4.79 Å². The lowest BCUT2D eigenvalue weighted by molar-refractivity contribution is -0.130. The molecule has 114 valence electrons. The second-order valence-corrected chi connectivity index (χ2v) is 6.62. The average molecular weight is 308 g/mol. The first-order chi connectivity index (χ1) is 9.93. The van der Waals surface area contributed by atoms with Gasteiger partial charge in [-0.15, -0.1) is 0 Å². The number of hydrogen-bond acceptors (Lipinski definition) is 2. The highest BCUT2D eigenvalue weighted by Crippen LogP contribution is 2.29. The molecule has 3 nitrogen and oxygen atoms in total. The summed E-state index contributed by atoms with van der Waals surface area (Å²) in [5.41, 5.74) is 1.44. The highest BCUT2D eigenvalue weighted by molar-refractivity contribution is 6.30. The molecule has 1 unspecified atom stereocenters. The Morgan fingerprint density at radius 2 is 2.29 bits per heavy atom. The van der Waals surface area contributed by atoms with Crippen molar-refractivity contribution in [2.75, 3.05) is 19.7 Å². The van der Waals surface area contributed by atoms with E-state index in [1.54, 1.807) is 0 Å². The molecule has 1 atom stereocenters. The number of carbonyl (C=O) groups excluding carboxylic acids is 1. The number of rotatable bonds is 3. The number of aliphatic hydroxyl groups is 1. The number of likely N-dealkylation sites (tertiary alicyclic amines) is 1. The van der Waals surface area contributed by atoms with Gasteiger partial charge in [-0.05, 0) is 43.5 Å². The number of aliphatic hydroxyl groups excluding tert-OH is 1.